The fourth-order valence-corrected chi connectivity index (χ4v) is 3.72. The summed E-state index contributed by atoms with van der Waals surface area (Å²) < 4.78 is 2.54. The molecule has 0 saturated carbocycles. The van der Waals surface area contributed by atoms with E-state index in [-0.39, 0.29) is 6.10 Å². The number of fused-ring (bicyclic) bond motifs is 1. The minimum Gasteiger partial charge on any atom is -0.392 e. The third kappa shape index (κ3) is 2.82. The standard InChI is InChI=1S/C14H21BrN6O/c1-9-6-20(7-10(2)22)4-5-21(9)14-11-12(15)18-19(3)13(11)16-8-17-14/h8-10,22H,4-7H2,1-3H3. The van der Waals surface area contributed by atoms with Gasteiger partial charge in [0.1, 0.15) is 16.7 Å². The summed E-state index contributed by atoms with van der Waals surface area (Å²) in [6.45, 7) is 7.44. The molecule has 3 rings (SSSR count). The molecule has 120 valence electrons. The predicted octanol–water partition coefficient (Wildman–Crippen LogP) is 1.02. The number of rotatable bonds is 3. The number of aliphatic hydroxyl groups excluding tert-OH is 1. The SMILES string of the molecule is CC(O)CN1CCN(c2ncnc3c2c(Br)nn3C)C(C)C1. The summed E-state index contributed by atoms with van der Waals surface area (Å²) in [7, 11) is 1.88. The zero-order chi connectivity index (χ0) is 15.9. The second kappa shape index (κ2) is 6.10. The van der Waals surface area contributed by atoms with Crippen LogP contribution in [0.15, 0.2) is 10.9 Å². The molecule has 0 amide bonds. The lowest BCUT2D eigenvalue weighted by Gasteiger charge is -2.41. The molecule has 22 heavy (non-hydrogen) atoms. The van der Waals surface area contributed by atoms with Crippen LogP contribution < -0.4 is 4.90 Å². The number of halogens is 1. The molecule has 1 aliphatic rings. The first-order valence-electron chi connectivity index (χ1n) is 7.47. The van der Waals surface area contributed by atoms with Crippen LogP contribution in [0.25, 0.3) is 11.0 Å². The largest absolute Gasteiger partial charge is 0.392 e. The molecule has 1 aliphatic heterocycles. The van der Waals surface area contributed by atoms with E-state index >= 15 is 0 Å². The van der Waals surface area contributed by atoms with Gasteiger partial charge >= 0.3 is 0 Å². The van der Waals surface area contributed by atoms with E-state index < -0.39 is 0 Å². The lowest BCUT2D eigenvalue weighted by atomic mass is 10.1. The van der Waals surface area contributed by atoms with Gasteiger partial charge in [0.15, 0.2) is 5.65 Å². The number of aryl methyl sites for hydroxylation is 1. The zero-order valence-corrected chi connectivity index (χ0v) is 14.7. The minimum atomic E-state index is -0.294. The van der Waals surface area contributed by atoms with Gasteiger partial charge in [-0.15, -0.1) is 0 Å². The van der Waals surface area contributed by atoms with Gasteiger partial charge in [0.2, 0.25) is 0 Å². The van der Waals surface area contributed by atoms with Crippen LogP contribution in [0, 0.1) is 0 Å². The van der Waals surface area contributed by atoms with Gasteiger partial charge in [-0.3, -0.25) is 4.90 Å². The first kappa shape index (κ1) is 15.6. The highest BCUT2D eigenvalue weighted by molar-refractivity contribution is 9.10. The number of hydrogen-bond acceptors (Lipinski definition) is 6. The Morgan fingerprint density at radius 3 is 2.86 bits per heavy atom. The normalized spacial score (nSPS) is 21.5. The smallest absolute Gasteiger partial charge is 0.164 e. The Kier molecular flexibility index (Phi) is 4.33. The number of piperazine rings is 1. The lowest BCUT2D eigenvalue weighted by molar-refractivity contribution is 0.114. The van der Waals surface area contributed by atoms with E-state index in [4.69, 9.17) is 0 Å². The van der Waals surface area contributed by atoms with Gasteiger partial charge in [-0.2, -0.15) is 5.10 Å². The second-order valence-corrected chi connectivity index (χ2v) is 6.71. The number of β-amino-alcohol motifs (C(OH)–C–C–N with tert-alkyl or cyclic N) is 1. The van der Waals surface area contributed by atoms with Crippen LogP contribution in [0.5, 0.6) is 0 Å². The molecule has 2 unspecified atom stereocenters. The van der Waals surface area contributed by atoms with Gasteiger partial charge < -0.3 is 10.0 Å². The number of aromatic nitrogens is 4. The highest BCUT2D eigenvalue weighted by Gasteiger charge is 2.28. The maximum absolute atomic E-state index is 9.56. The van der Waals surface area contributed by atoms with Gasteiger partial charge in [0.05, 0.1) is 11.5 Å². The van der Waals surface area contributed by atoms with Crippen molar-refractivity contribution in [3.8, 4) is 0 Å². The van der Waals surface area contributed by atoms with Gasteiger partial charge in [-0.25, -0.2) is 14.6 Å². The first-order chi connectivity index (χ1) is 10.5. The number of anilines is 1. The van der Waals surface area contributed by atoms with Crippen molar-refractivity contribution in [1.82, 2.24) is 24.6 Å². The molecule has 0 radical (unpaired) electrons. The van der Waals surface area contributed by atoms with Gasteiger partial charge in [0, 0.05) is 39.3 Å². The average Bonchev–Trinajstić information content (AvgIpc) is 2.74. The maximum Gasteiger partial charge on any atom is 0.164 e. The van der Waals surface area contributed by atoms with Crippen LogP contribution in [0.1, 0.15) is 13.8 Å². The molecule has 1 fully saturated rings. The first-order valence-corrected chi connectivity index (χ1v) is 8.27. The zero-order valence-electron chi connectivity index (χ0n) is 13.1. The van der Waals surface area contributed by atoms with Crippen molar-refractivity contribution in [2.45, 2.75) is 26.0 Å². The Labute approximate surface area is 138 Å². The number of hydrogen-bond donors (Lipinski definition) is 1. The van der Waals surface area contributed by atoms with Crippen molar-refractivity contribution in [2.24, 2.45) is 7.05 Å². The third-order valence-corrected chi connectivity index (χ3v) is 4.62. The van der Waals surface area contributed by atoms with Gasteiger partial charge in [-0.1, -0.05) is 0 Å². The molecule has 2 atom stereocenters. The van der Waals surface area contributed by atoms with E-state index in [0.717, 1.165) is 41.1 Å². The third-order valence-electron chi connectivity index (χ3n) is 4.06. The highest BCUT2D eigenvalue weighted by atomic mass is 79.9. The van der Waals surface area contributed by atoms with E-state index in [1.807, 2.05) is 14.0 Å². The average molecular weight is 369 g/mol. The molecule has 8 heteroatoms. The van der Waals surface area contributed by atoms with Crippen molar-refractivity contribution in [3.63, 3.8) is 0 Å². The lowest BCUT2D eigenvalue weighted by Crippen LogP contribution is -2.53. The van der Waals surface area contributed by atoms with Crippen molar-refractivity contribution >= 4 is 32.8 Å². The molecule has 2 aromatic heterocycles. The van der Waals surface area contributed by atoms with Gasteiger partial charge in [-0.05, 0) is 29.8 Å². The van der Waals surface area contributed by atoms with Crippen LogP contribution in [0.4, 0.5) is 5.82 Å². The Morgan fingerprint density at radius 2 is 2.18 bits per heavy atom. The van der Waals surface area contributed by atoms with E-state index in [2.05, 4.69) is 47.7 Å². The van der Waals surface area contributed by atoms with Crippen LogP contribution >= 0.6 is 15.9 Å². The molecular formula is C14H21BrN6O. The van der Waals surface area contributed by atoms with Gasteiger partial charge in [0.25, 0.3) is 0 Å². The topological polar surface area (TPSA) is 70.3 Å². The highest BCUT2D eigenvalue weighted by Crippen LogP contribution is 2.31. The molecule has 0 bridgehead atoms. The van der Waals surface area contributed by atoms with E-state index in [9.17, 15) is 5.11 Å². The minimum absolute atomic E-state index is 0.294. The van der Waals surface area contributed by atoms with Crippen LogP contribution in [0.2, 0.25) is 0 Å². The van der Waals surface area contributed by atoms with Crippen LogP contribution in [-0.2, 0) is 7.05 Å². The summed E-state index contributed by atoms with van der Waals surface area (Å²) in [5, 5.41) is 14.9. The Bertz CT molecular complexity index is 673. The molecule has 0 aromatic carbocycles. The molecule has 0 spiro atoms. The summed E-state index contributed by atoms with van der Waals surface area (Å²) >= 11 is 3.52. The van der Waals surface area contributed by atoms with E-state index in [1.165, 1.54) is 0 Å². The molecular weight excluding hydrogens is 348 g/mol. The van der Waals surface area contributed by atoms with Crippen molar-refractivity contribution < 1.29 is 5.11 Å². The number of nitrogens with zero attached hydrogens (tertiary/aromatic N) is 6. The summed E-state index contributed by atoms with van der Waals surface area (Å²) in [5.74, 6) is 0.925. The van der Waals surface area contributed by atoms with Crippen molar-refractivity contribution in [1.29, 1.82) is 0 Å². The monoisotopic (exact) mass is 368 g/mol. The number of aliphatic hydroxyl groups is 1. The molecule has 1 N–H and O–H groups in total. The second-order valence-electron chi connectivity index (χ2n) is 5.96. The fourth-order valence-electron chi connectivity index (χ4n) is 3.13. The van der Waals surface area contributed by atoms with Crippen molar-refractivity contribution in [2.75, 3.05) is 31.1 Å². The van der Waals surface area contributed by atoms with E-state index in [0.29, 0.717) is 12.6 Å². The molecule has 0 aliphatic carbocycles. The summed E-state index contributed by atoms with van der Waals surface area (Å²) in [4.78, 5) is 13.4. The predicted molar refractivity (Wildman–Crippen MR) is 88.9 cm³/mol. The molecule has 3 heterocycles. The maximum atomic E-state index is 9.56. The summed E-state index contributed by atoms with van der Waals surface area (Å²) in [6.07, 6.45) is 1.30. The van der Waals surface area contributed by atoms with Crippen LogP contribution in [0.3, 0.4) is 0 Å². The fraction of sp³-hybridized carbons (Fsp3) is 0.643. The quantitative estimate of drug-likeness (QED) is 0.871. The Balaban J connectivity index is 1.89. The van der Waals surface area contributed by atoms with Crippen LogP contribution in [-0.4, -0.2) is 68.1 Å². The van der Waals surface area contributed by atoms with Crippen molar-refractivity contribution in [3.05, 3.63) is 10.9 Å². The Hall–Kier alpha value is -1.25. The summed E-state index contributed by atoms with van der Waals surface area (Å²) in [6, 6.07) is 0.317. The Morgan fingerprint density at radius 1 is 1.41 bits per heavy atom. The summed E-state index contributed by atoms with van der Waals surface area (Å²) in [5.41, 5.74) is 0.829. The molecule has 7 nitrogen and oxygen atoms in total. The van der Waals surface area contributed by atoms with E-state index in [1.54, 1.807) is 11.0 Å². The molecule has 2 aromatic rings. The molecule has 1 saturated heterocycles.